The molecule has 0 spiro atoms. The SMILES string of the molecule is C=C/C(Br)=C(/C)N(C)/C(=C\C(=C)c1ccccc1C)NCCCCNC(=C)c1ccccc1C.CC. The Morgan fingerprint density at radius 2 is 1.39 bits per heavy atom. The molecule has 2 rings (SSSR count). The summed E-state index contributed by atoms with van der Waals surface area (Å²) in [4.78, 5) is 2.13. The lowest BCUT2D eigenvalue weighted by atomic mass is 10.0. The van der Waals surface area contributed by atoms with E-state index < -0.39 is 0 Å². The van der Waals surface area contributed by atoms with Crippen LogP contribution < -0.4 is 10.6 Å². The smallest absolute Gasteiger partial charge is 0.106 e. The second kappa shape index (κ2) is 16.6. The molecule has 0 aromatic heterocycles. The van der Waals surface area contributed by atoms with Gasteiger partial charge in [-0.1, -0.05) is 88.2 Å². The summed E-state index contributed by atoms with van der Waals surface area (Å²) >= 11 is 3.60. The van der Waals surface area contributed by atoms with Gasteiger partial charge in [0.2, 0.25) is 0 Å². The molecular weight excluding hydrogens is 506 g/mol. The van der Waals surface area contributed by atoms with Crippen LogP contribution in [0, 0.1) is 13.8 Å². The highest BCUT2D eigenvalue weighted by atomic mass is 79.9. The summed E-state index contributed by atoms with van der Waals surface area (Å²) in [5.41, 5.74) is 7.81. The molecule has 4 heteroatoms. The predicted molar refractivity (Wildman–Crippen MR) is 165 cm³/mol. The largest absolute Gasteiger partial charge is 0.385 e. The predicted octanol–water partition coefficient (Wildman–Crippen LogP) is 8.56. The first-order chi connectivity index (χ1) is 17.3. The first-order valence-corrected chi connectivity index (χ1v) is 13.5. The Kier molecular flexibility index (Phi) is 14.4. The van der Waals surface area contributed by atoms with Crippen LogP contribution in [0.3, 0.4) is 0 Å². The van der Waals surface area contributed by atoms with Crippen LogP contribution >= 0.6 is 15.9 Å². The fourth-order valence-corrected chi connectivity index (χ4v) is 3.91. The van der Waals surface area contributed by atoms with E-state index in [9.17, 15) is 0 Å². The molecular formula is C32H44BrN3. The van der Waals surface area contributed by atoms with E-state index in [0.717, 1.165) is 58.8 Å². The van der Waals surface area contributed by atoms with E-state index in [2.05, 4.69) is 134 Å². The van der Waals surface area contributed by atoms with Gasteiger partial charge in [0.05, 0.1) is 0 Å². The summed E-state index contributed by atoms with van der Waals surface area (Å²) in [6, 6.07) is 16.7. The third-order valence-electron chi connectivity index (χ3n) is 5.91. The van der Waals surface area contributed by atoms with Crippen molar-refractivity contribution >= 4 is 27.2 Å². The lowest BCUT2D eigenvalue weighted by Crippen LogP contribution is -2.29. The molecule has 2 aromatic carbocycles. The van der Waals surface area contributed by atoms with Crippen molar-refractivity contribution in [1.29, 1.82) is 0 Å². The van der Waals surface area contributed by atoms with Crippen molar-refractivity contribution in [2.24, 2.45) is 0 Å². The first-order valence-electron chi connectivity index (χ1n) is 12.7. The minimum Gasteiger partial charge on any atom is -0.385 e. The van der Waals surface area contributed by atoms with Crippen molar-refractivity contribution in [1.82, 2.24) is 15.5 Å². The maximum absolute atomic E-state index is 4.33. The molecule has 0 radical (unpaired) electrons. The van der Waals surface area contributed by atoms with Crippen molar-refractivity contribution in [2.75, 3.05) is 20.1 Å². The number of nitrogens with one attached hydrogen (secondary N) is 2. The van der Waals surface area contributed by atoms with Crippen molar-refractivity contribution < 1.29 is 0 Å². The van der Waals surface area contributed by atoms with Crippen molar-refractivity contribution in [3.63, 3.8) is 0 Å². The lowest BCUT2D eigenvalue weighted by molar-refractivity contribution is 0.463. The number of hydrogen-bond acceptors (Lipinski definition) is 3. The molecule has 0 saturated heterocycles. The number of rotatable bonds is 13. The van der Waals surface area contributed by atoms with Crippen molar-refractivity contribution in [2.45, 2.75) is 47.5 Å². The summed E-state index contributed by atoms with van der Waals surface area (Å²) < 4.78 is 0.961. The normalized spacial score (nSPS) is 11.5. The fraction of sp³-hybridized carbons (Fsp3) is 0.312. The van der Waals surface area contributed by atoms with Gasteiger partial charge in [0.25, 0.3) is 0 Å². The third kappa shape index (κ3) is 9.58. The number of benzene rings is 2. The van der Waals surface area contributed by atoms with Crippen molar-refractivity contribution in [3.8, 4) is 0 Å². The van der Waals surface area contributed by atoms with Crippen LogP contribution in [0.15, 0.2) is 96.4 Å². The van der Waals surface area contributed by atoms with Crippen LogP contribution in [0.5, 0.6) is 0 Å². The van der Waals surface area contributed by atoms with Gasteiger partial charge in [-0.15, -0.1) is 0 Å². The molecule has 2 aromatic rings. The molecule has 0 aliphatic rings. The van der Waals surface area contributed by atoms with E-state index in [4.69, 9.17) is 0 Å². The average molecular weight is 551 g/mol. The summed E-state index contributed by atoms with van der Waals surface area (Å²) in [6.45, 7) is 24.5. The second-order valence-electron chi connectivity index (χ2n) is 8.42. The monoisotopic (exact) mass is 549 g/mol. The minimum absolute atomic E-state index is 0.856. The quantitative estimate of drug-likeness (QED) is 0.193. The van der Waals surface area contributed by atoms with Crippen LogP contribution in [-0.2, 0) is 0 Å². The molecule has 3 nitrogen and oxygen atoms in total. The number of aryl methyl sites for hydroxylation is 2. The Morgan fingerprint density at radius 1 is 0.889 bits per heavy atom. The zero-order valence-corrected chi connectivity index (χ0v) is 24.6. The van der Waals surface area contributed by atoms with Crippen LogP contribution in [0.25, 0.3) is 11.3 Å². The van der Waals surface area contributed by atoms with Gasteiger partial charge in [0, 0.05) is 36.0 Å². The molecule has 0 amide bonds. The zero-order valence-electron chi connectivity index (χ0n) is 23.0. The number of hydrogen-bond donors (Lipinski definition) is 2. The van der Waals surface area contributed by atoms with Crippen LogP contribution in [0.4, 0.5) is 0 Å². The van der Waals surface area contributed by atoms with Gasteiger partial charge >= 0.3 is 0 Å². The Hall–Kier alpha value is -2.98. The Balaban J connectivity index is 0.00000316. The highest BCUT2D eigenvalue weighted by Gasteiger charge is 2.11. The van der Waals surface area contributed by atoms with Gasteiger partial charge in [0.1, 0.15) is 5.82 Å². The van der Waals surface area contributed by atoms with E-state index in [1.807, 2.05) is 19.9 Å². The molecule has 0 fully saturated rings. The Bertz CT molecular complexity index is 1080. The average Bonchev–Trinajstić information content (AvgIpc) is 2.89. The molecule has 0 unspecified atom stereocenters. The summed E-state index contributed by atoms with van der Waals surface area (Å²) in [6.07, 6.45) is 6.00. The van der Waals surface area contributed by atoms with Gasteiger partial charge in [0.15, 0.2) is 0 Å². The number of unbranched alkanes of at least 4 members (excludes halogenated alkanes) is 1. The van der Waals surface area contributed by atoms with Gasteiger partial charge in [-0.2, -0.15) is 0 Å². The molecule has 0 atom stereocenters. The summed E-state index contributed by atoms with van der Waals surface area (Å²) in [5, 5.41) is 7.08. The first kappa shape index (κ1) is 31.1. The molecule has 0 aliphatic carbocycles. The van der Waals surface area contributed by atoms with Crippen LogP contribution in [0.2, 0.25) is 0 Å². The molecule has 36 heavy (non-hydrogen) atoms. The second-order valence-corrected chi connectivity index (χ2v) is 9.27. The van der Waals surface area contributed by atoms with Crippen LogP contribution in [0.1, 0.15) is 55.9 Å². The molecule has 0 saturated carbocycles. The van der Waals surface area contributed by atoms with E-state index in [0.29, 0.717) is 0 Å². The number of nitrogens with zero attached hydrogens (tertiary/aromatic N) is 1. The topological polar surface area (TPSA) is 27.3 Å². The Labute approximate surface area is 228 Å². The molecule has 0 bridgehead atoms. The summed E-state index contributed by atoms with van der Waals surface area (Å²) in [7, 11) is 2.05. The van der Waals surface area contributed by atoms with E-state index in [1.54, 1.807) is 0 Å². The van der Waals surface area contributed by atoms with E-state index in [1.165, 1.54) is 16.7 Å². The fourth-order valence-electron chi connectivity index (χ4n) is 3.64. The lowest BCUT2D eigenvalue weighted by Gasteiger charge is -2.26. The molecule has 194 valence electrons. The highest BCUT2D eigenvalue weighted by Crippen LogP contribution is 2.23. The molecule has 2 N–H and O–H groups in total. The van der Waals surface area contributed by atoms with Crippen molar-refractivity contribution in [3.05, 3.63) is 119 Å². The standard InChI is InChI=1S/C30H38BrN3.C2H6/c1-8-29(31)26(6)34(7)30(21-24(4)27-17-11-9-15-22(27)2)33-20-14-13-19-32-25(5)28-18-12-10-16-23(28)3;1-2/h8-12,15-18,21,32-33H,1,4-5,13-14,19-20H2,2-3,6-7H3;1-2H3/b29-26+,30-21-;. The van der Waals surface area contributed by atoms with E-state index >= 15 is 0 Å². The highest BCUT2D eigenvalue weighted by molar-refractivity contribution is 9.11. The summed E-state index contributed by atoms with van der Waals surface area (Å²) in [5.74, 6) is 1.00. The van der Waals surface area contributed by atoms with Gasteiger partial charge in [-0.05, 0) is 83.4 Å². The molecule has 0 heterocycles. The maximum Gasteiger partial charge on any atom is 0.106 e. The zero-order chi connectivity index (χ0) is 27.1. The van der Waals surface area contributed by atoms with E-state index in [-0.39, 0.29) is 0 Å². The number of halogens is 1. The Morgan fingerprint density at radius 3 is 1.92 bits per heavy atom. The van der Waals surface area contributed by atoms with Gasteiger partial charge in [-0.25, -0.2) is 0 Å². The van der Waals surface area contributed by atoms with Crippen LogP contribution in [-0.4, -0.2) is 25.0 Å². The number of allylic oxidation sites excluding steroid dienone is 5. The van der Waals surface area contributed by atoms with Gasteiger partial charge < -0.3 is 15.5 Å². The maximum atomic E-state index is 4.33. The molecule has 0 aliphatic heterocycles. The third-order valence-corrected chi connectivity index (χ3v) is 6.81. The van der Waals surface area contributed by atoms with Gasteiger partial charge in [-0.3, -0.25) is 0 Å². The minimum atomic E-state index is 0.856.